The molecule has 22 heavy (non-hydrogen) atoms. The number of ether oxygens (including phenoxy) is 2. The van der Waals surface area contributed by atoms with Crippen LogP contribution in [0.1, 0.15) is 41.5 Å². The molecule has 1 rings (SSSR count). The summed E-state index contributed by atoms with van der Waals surface area (Å²) in [4.78, 5) is 30.8. The monoisotopic (exact) mass is 311 g/mol. The van der Waals surface area contributed by atoms with Crippen molar-refractivity contribution in [2.24, 2.45) is 4.99 Å². The fourth-order valence-electron chi connectivity index (χ4n) is 1.75. The first kappa shape index (κ1) is 18.0. The van der Waals surface area contributed by atoms with Crippen molar-refractivity contribution in [3.8, 4) is 0 Å². The largest absolute Gasteiger partial charge is 0.443 e. The van der Waals surface area contributed by atoms with Gasteiger partial charge >= 0.3 is 12.2 Å². The molecule has 0 aromatic carbocycles. The minimum Gasteiger partial charge on any atom is -0.443 e. The van der Waals surface area contributed by atoms with Crippen LogP contribution in [0.5, 0.6) is 0 Å². The second kappa shape index (κ2) is 5.98. The van der Waals surface area contributed by atoms with Crippen LogP contribution in [-0.2, 0) is 9.47 Å². The normalized spacial score (nSPS) is 18.0. The van der Waals surface area contributed by atoms with Crippen molar-refractivity contribution in [2.45, 2.75) is 52.7 Å². The first-order chi connectivity index (χ1) is 9.80. The summed E-state index contributed by atoms with van der Waals surface area (Å²) in [7, 11) is 1.71. The SMILES string of the molecule is C=C1CN(C)/C(=N\C(=O)OC(C)(C)C)N1C(=O)OC(C)(C)C. The fourth-order valence-corrected chi connectivity index (χ4v) is 1.75. The van der Waals surface area contributed by atoms with Crippen LogP contribution in [-0.4, -0.2) is 52.7 Å². The molecule has 1 saturated heterocycles. The molecule has 0 N–H and O–H groups in total. The van der Waals surface area contributed by atoms with Gasteiger partial charge in [-0.1, -0.05) is 6.58 Å². The summed E-state index contributed by atoms with van der Waals surface area (Å²) in [5.74, 6) is 0.147. The van der Waals surface area contributed by atoms with E-state index in [1.54, 1.807) is 53.5 Å². The number of carbonyl (C=O) groups excluding carboxylic acids is 2. The molecule has 0 saturated carbocycles. The van der Waals surface area contributed by atoms with Crippen LogP contribution >= 0.6 is 0 Å². The Hall–Kier alpha value is -2.05. The van der Waals surface area contributed by atoms with Crippen LogP contribution in [0, 0.1) is 0 Å². The number of aliphatic imine (C=N–C) groups is 1. The lowest BCUT2D eigenvalue weighted by Gasteiger charge is -2.25. The fraction of sp³-hybridized carbons (Fsp3) is 0.667. The summed E-state index contributed by atoms with van der Waals surface area (Å²) < 4.78 is 10.5. The molecule has 0 unspecified atom stereocenters. The molecule has 124 valence electrons. The van der Waals surface area contributed by atoms with E-state index < -0.39 is 23.4 Å². The van der Waals surface area contributed by atoms with Gasteiger partial charge in [-0.3, -0.25) is 0 Å². The van der Waals surface area contributed by atoms with E-state index in [2.05, 4.69) is 11.6 Å². The number of hydrogen-bond donors (Lipinski definition) is 0. The van der Waals surface area contributed by atoms with E-state index in [0.29, 0.717) is 12.2 Å². The van der Waals surface area contributed by atoms with Crippen LogP contribution < -0.4 is 0 Å². The highest BCUT2D eigenvalue weighted by Gasteiger charge is 2.36. The van der Waals surface area contributed by atoms with Gasteiger partial charge in [0.1, 0.15) is 11.2 Å². The number of guanidine groups is 1. The average Bonchev–Trinajstić information content (AvgIpc) is 2.48. The highest BCUT2D eigenvalue weighted by molar-refractivity contribution is 6.02. The smallest absolute Gasteiger partial charge is 0.437 e. The Balaban J connectivity index is 3.01. The number of nitrogens with zero attached hydrogens (tertiary/aromatic N) is 3. The number of amides is 2. The predicted octanol–water partition coefficient (Wildman–Crippen LogP) is 2.97. The summed E-state index contributed by atoms with van der Waals surface area (Å²) in [5, 5.41) is 0. The summed E-state index contributed by atoms with van der Waals surface area (Å²) in [6.07, 6.45) is -1.39. The predicted molar refractivity (Wildman–Crippen MR) is 83.5 cm³/mol. The van der Waals surface area contributed by atoms with Gasteiger partial charge in [0, 0.05) is 12.7 Å². The summed E-state index contributed by atoms with van der Waals surface area (Å²) in [5.41, 5.74) is -0.833. The van der Waals surface area contributed by atoms with Crippen LogP contribution in [0.3, 0.4) is 0 Å². The molecule has 0 aromatic rings. The molecule has 0 spiro atoms. The zero-order chi connectivity index (χ0) is 17.3. The van der Waals surface area contributed by atoms with Crippen molar-refractivity contribution >= 4 is 18.1 Å². The van der Waals surface area contributed by atoms with Crippen LogP contribution in [0.2, 0.25) is 0 Å². The van der Waals surface area contributed by atoms with E-state index in [9.17, 15) is 9.59 Å². The van der Waals surface area contributed by atoms with Gasteiger partial charge in [-0.25, -0.2) is 14.5 Å². The maximum atomic E-state index is 12.3. The first-order valence-corrected chi connectivity index (χ1v) is 7.04. The second-order valence-electron chi connectivity index (χ2n) is 7.13. The maximum absolute atomic E-state index is 12.3. The molecule has 2 amide bonds. The summed E-state index contributed by atoms with van der Waals surface area (Å²) in [6.45, 7) is 14.7. The van der Waals surface area contributed by atoms with Crippen molar-refractivity contribution in [3.63, 3.8) is 0 Å². The Kier molecular flexibility index (Phi) is 4.89. The molecular weight excluding hydrogens is 286 g/mol. The molecule has 0 aromatic heterocycles. The highest BCUT2D eigenvalue weighted by atomic mass is 16.6. The van der Waals surface area contributed by atoms with Crippen molar-refractivity contribution in [3.05, 3.63) is 12.3 Å². The van der Waals surface area contributed by atoms with E-state index in [-0.39, 0.29) is 5.96 Å². The molecule has 1 aliphatic rings. The quantitative estimate of drug-likeness (QED) is 0.687. The van der Waals surface area contributed by atoms with Crippen LogP contribution in [0.25, 0.3) is 0 Å². The molecule has 1 aliphatic heterocycles. The van der Waals surface area contributed by atoms with Gasteiger partial charge in [0.2, 0.25) is 5.96 Å². The van der Waals surface area contributed by atoms with Gasteiger partial charge in [0.05, 0.1) is 6.54 Å². The first-order valence-electron chi connectivity index (χ1n) is 7.04. The van der Waals surface area contributed by atoms with Crippen molar-refractivity contribution in [2.75, 3.05) is 13.6 Å². The minimum absolute atomic E-state index is 0.147. The second-order valence-corrected chi connectivity index (χ2v) is 7.13. The molecule has 7 nitrogen and oxygen atoms in total. The molecule has 1 heterocycles. The summed E-state index contributed by atoms with van der Waals surface area (Å²) >= 11 is 0. The van der Waals surface area contributed by atoms with E-state index in [1.807, 2.05) is 0 Å². The van der Waals surface area contributed by atoms with E-state index in [1.165, 1.54) is 4.90 Å². The Morgan fingerprint density at radius 1 is 1.09 bits per heavy atom. The van der Waals surface area contributed by atoms with E-state index >= 15 is 0 Å². The van der Waals surface area contributed by atoms with Gasteiger partial charge in [0.25, 0.3) is 0 Å². The third-order valence-electron chi connectivity index (χ3n) is 2.44. The van der Waals surface area contributed by atoms with Gasteiger partial charge < -0.3 is 14.4 Å². The number of hydrogen-bond acceptors (Lipinski definition) is 4. The Morgan fingerprint density at radius 2 is 1.59 bits per heavy atom. The molecule has 7 heteroatoms. The Morgan fingerprint density at radius 3 is 2.05 bits per heavy atom. The number of carbonyl (C=O) groups is 2. The summed E-state index contributed by atoms with van der Waals surface area (Å²) in [6, 6.07) is 0. The van der Waals surface area contributed by atoms with Gasteiger partial charge in [-0.2, -0.15) is 0 Å². The topological polar surface area (TPSA) is 71.4 Å². The minimum atomic E-state index is -0.766. The van der Waals surface area contributed by atoms with Crippen molar-refractivity contribution in [1.29, 1.82) is 0 Å². The third-order valence-corrected chi connectivity index (χ3v) is 2.44. The highest BCUT2D eigenvalue weighted by Crippen LogP contribution is 2.21. The van der Waals surface area contributed by atoms with E-state index in [0.717, 1.165) is 0 Å². The lowest BCUT2D eigenvalue weighted by molar-refractivity contribution is 0.0416. The number of rotatable bonds is 0. The molecule has 0 atom stereocenters. The zero-order valence-corrected chi connectivity index (χ0v) is 14.4. The standard InChI is InChI=1S/C15H25N3O4/c1-10-9-17(8)11(16-12(19)21-14(2,3)4)18(10)13(20)22-15(5,6)7/h1,9H2,2-8H3/b16-11+. The lowest BCUT2D eigenvalue weighted by atomic mass is 10.2. The molecule has 0 aliphatic carbocycles. The van der Waals surface area contributed by atoms with Crippen LogP contribution in [0.15, 0.2) is 17.3 Å². The lowest BCUT2D eigenvalue weighted by Crippen LogP contribution is -2.40. The van der Waals surface area contributed by atoms with Gasteiger partial charge in [-0.15, -0.1) is 4.99 Å². The van der Waals surface area contributed by atoms with Crippen molar-refractivity contribution < 1.29 is 19.1 Å². The third kappa shape index (κ3) is 5.05. The Bertz CT molecular complexity index is 512. The molecule has 0 bridgehead atoms. The average molecular weight is 311 g/mol. The zero-order valence-electron chi connectivity index (χ0n) is 14.4. The molecular formula is C15H25N3O4. The van der Waals surface area contributed by atoms with Crippen molar-refractivity contribution in [1.82, 2.24) is 9.80 Å². The van der Waals surface area contributed by atoms with E-state index in [4.69, 9.17) is 9.47 Å². The van der Waals surface area contributed by atoms with Crippen LogP contribution in [0.4, 0.5) is 9.59 Å². The number of likely N-dealkylation sites (N-methyl/N-ethyl adjacent to an activating group) is 1. The maximum Gasteiger partial charge on any atom is 0.437 e. The van der Waals surface area contributed by atoms with Gasteiger partial charge in [-0.05, 0) is 41.5 Å². The Labute approximate surface area is 131 Å². The van der Waals surface area contributed by atoms with Gasteiger partial charge in [0.15, 0.2) is 0 Å². The molecule has 0 radical (unpaired) electrons. The molecule has 1 fully saturated rings.